The van der Waals surface area contributed by atoms with Gasteiger partial charge in [-0.2, -0.15) is 0 Å². The Morgan fingerprint density at radius 1 is 0.854 bits per heavy atom. The number of fused-ring (bicyclic) bond motifs is 9. The van der Waals surface area contributed by atoms with Crippen LogP contribution in [-0.2, 0) is 17.6 Å². The van der Waals surface area contributed by atoms with Gasteiger partial charge in [0.15, 0.2) is 5.60 Å². The average molecular weight is 535 g/mol. The van der Waals surface area contributed by atoms with Gasteiger partial charge in [-0.25, -0.2) is 0 Å². The molecule has 5 aromatic carbocycles. The summed E-state index contributed by atoms with van der Waals surface area (Å²) in [7, 11) is 1.67. The molecule has 3 radical (unpaired) electrons. The highest BCUT2D eigenvalue weighted by atomic mass is 16.5. The smallest absolute Gasteiger partial charge is 0.178 e. The van der Waals surface area contributed by atoms with Crippen LogP contribution in [-0.4, -0.2) is 27.2 Å². The largest absolute Gasteiger partial charge is 0.497 e. The minimum atomic E-state index is -1.17. The molecule has 2 heterocycles. The predicted octanol–water partition coefficient (Wildman–Crippen LogP) is 6.99. The van der Waals surface area contributed by atoms with Crippen LogP contribution in [0.5, 0.6) is 17.2 Å². The number of hydrogen-bond acceptors (Lipinski definition) is 4. The molecule has 0 saturated heterocycles. The van der Waals surface area contributed by atoms with Gasteiger partial charge in [0.1, 0.15) is 22.8 Å². The van der Waals surface area contributed by atoms with Crippen LogP contribution in [0.1, 0.15) is 40.3 Å². The van der Waals surface area contributed by atoms with Crippen LogP contribution in [0.25, 0.3) is 28.0 Å². The molecule has 0 aromatic heterocycles. The summed E-state index contributed by atoms with van der Waals surface area (Å²) in [6.07, 6.45) is 5.14. The summed E-state index contributed by atoms with van der Waals surface area (Å²) in [6.45, 7) is 2.57. The summed E-state index contributed by atoms with van der Waals surface area (Å²) in [5.41, 5.74) is 6.01. The molecular weight excluding hydrogens is 507 g/mol. The molecule has 0 saturated carbocycles. The lowest BCUT2D eigenvalue weighted by atomic mass is 9.80. The molecule has 2 atom stereocenters. The zero-order valence-corrected chi connectivity index (χ0v) is 23.0. The minimum Gasteiger partial charge on any atom is -0.497 e. The summed E-state index contributed by atoms with van der Waals surface area (Å²) < 4.78 is 18.8. The Balaban J connectivity index is 0.00000276. The van der Waals surface area contributed by atoms with E-state index in [9.17, 15) is 5.11 Å². The maximum atomic E-state index is 12.1. The van der Waals surface area contributed by atoms with Crippen molar-refractivity contribution in [2.45, 2.75) is 24.5 Å². The maximum absolute atomic E-state index is 12.1. The van der Waals surface area contributed by atoms with Crippen LogP contribution in [0.15, 0.2) is 97.1 Å². The first-order chi connectivity index (χ1) is 19.5. The van der Waals surface area contributed by atoms with Gasteiger partial charge in [0.2, 0.25) is 0 Å². The Morgan fingerprint density at radius 3 is 2.37 bits per heavy atom. The summed E-state index contributed by atoms with van der Waals surface area (Å²) in [4.78, 5) is 0. The summed E-state index contributed by atoms with van der Waals surface area (Å²) >= 11 is 0. The first-order valence-corrected chi connectivity index (χ1v) is 13.7. The third-order valence-electron chi connectivity index (χ3n) is 8.78. The number of rotatable bonds is 3. The highest BCUT2D eigenvalue weighted by molar-refractivity contribution is 6.09. The van der Waals surface area contributed by atoms with Gasteiger partial charge in [-0.05, 0) is 64.9 Å². The summed E-state index contributed by atoms with van der Waals surface area (Å²) in [6, 6.07) is 30.9. The predicted molar refractivity (Wildman–Crippen MR) is 163 cm³/mol. The number of ether oxygens (including phenoxy) is 3. The Morgan fingerprint density at radius 2 is 1.59 bits per heavy atom. The maximum Gasteiger partial charge on any atom is 0.178 e. The van der Waals surface area contributed by atoms with Crippen molar-refractivity contribution in [2.75, 3.05) is 13.7 Å². The van der Waals surface area contributed by atoms with Crippen molar-refractivity contribution < 1.29 is 19.3 Å². The highest BCUT2D eigenvalue weighted by Crippen LogP contribution is 2.58. The van der Waals surface area contributed by atoms with Gasteiger partial charge >= 0.3 is 0 Å². The number of aliphatic hydroxyl groups is 1. The van der Waals surface area contributed by atoms with Gasteiger partial charge in [-0.1, -0.05) is 72.8 Å². The van der Waals surface area contributed by atoms with Crippen molar-refractivity contribution in [3.63, 3.8) is 0 Å². The second-order valence-electron chi connectivity index (χ2n) is 11.0. The fraction of sp³-hybridized carbons (Fsp3) is 0.167. The Hall–Kier alpha value is -4.48. The number of methoxy groups -OCH3 is 1. The summed E-state index contributed by atoms with van der Waals surface area (Å²) in [5.74, 6) is 2.44. The van der Waals surface area contributed by atoms with Crippen molar-refractivity contribution in [1.29, 1.82) is 0 Å². The Kier molecular flexibility index (Phi) is 5.61. The molecular formula is C36H28BO4. The Bertz CT molecular complexity index is 1860. The fourth-order valence-electron chi connectivity index (χ4n) is 6.86. The minimum absolute atomic E-state index is 0. The quantitative estimate of drug-likeness (QED) is 0.253. The van der Waals surface area contributed by atoms with Gasteiger partial charge in [0, 0.05) is 42.5 Å². The van der Waals surface area contributed by atoms with Crippen LogP contribution in [0.2, 0.25) is 0 Å². The zero-order valence-electron chi connectivity index (χ0n) is 23.0. The van der Waals surface area contributed by atoms with Gasteiger partial charge in [-0.15, -0.1) is 0 Å². The molecule has 0 fully saturated rings. The zero-order chi connectivity index (χ0) is 27.1. The monoisotopic (exact) mass is 535 g/mol. The molecule has 3 aliphatic rings. The van der Waals surface area contributed by atoms with Gasteiger partial charge in [0.05, 0.1) is 13.7 Å². The fourth-order valence-corrected chi connectivity index (χ4v) is 6.86. The molecule has 0 amide bonds. The second-order valence-corrected chi connectivity index (χ2v) is 11.0. The molecule has 1 aliphatic carbocycles. The summed E-state index contributed by atoms with van der Waals surface area (Å²) in [5, 5.41) is 14.2. The van der Waals surface area contributed by atoms with E-state index < -0.39 is 11.2 Å². The normalized spacial score (nSPS) is 21.1. The van der Waals surface area contributed by atoms with E-state index in [0.717, 1.165) is 73.4 Å². The lowest BCUT2D eigenvalue weighted by molar-refractivity contribution is 0.105. The Labute approximate surface area is 241 Å². The van der Waals surface area contributed by atoms with Gasteiger partial charge in [0.25, 0.3) is 0 Å². The lowest BCUT2D eigenvalue weighted by Crippen LogP contribution is -2.35. The van der Waals surface area contributed by atoms with E-state index >= 15 is 0 Å². The van der Waals surface area contributed by atoms with Crippen molar-refractivity contribution in [1.82, 2.24) is 0 Å². The average Bonchev–Trinajstić information content (AvgIpc) is 3.56. The van der Waals surface area contributed by atoms with Crippen molar-refractivity contribution in [3.8, 4) is 28.4 Å². The molecule has 2 unspecified atom stereocenters. The lowest BCUT2D eigenvalue weighted by Gasteiger charge is -2.38. The van der Waals surface area contributed by atoms with E-state index in [4.69, 9.17) is 14.2 Å². The standard InChI is InChI=1S/C36H28O4.B/c1-35(37)30-11-7-6-10-26(30)32-28-20-22-17-19-39-31(22)21-29(28)34-27(33(32)35)16-18-36(40-34,23-8-4-3-5-9-23)24-12-14-25(38-2)15-13-24;/h3-16,18,20-21,37H,17,19H2,1-2H3;. The second kappa shape index (κ2) is 9.02. The van der Waals surface area contributed by atoms with E-state index in [1.54, 1.807) is 7.11 Å². The van der Waals surface area contributed by atoms with E-state index in [1.807, 2.05) is 55.5 Å². The molecule has 199 valence electrons. The number of hydrogen-bond donors (Lipinski definition) is 1. The van der Waals surface area contributed by atoms with Crippen LogP contribution >= 0.6 is 0 Å². The molecule has 4 nitrogen and oxygen atoms in total. The molecule has 41 heavy (non-hydrogen) atoms. The third-order valence-corrected chi connectivity index (χ3v) is 8.78. The topological polar surface area (TPSA) is 47.9 Å². The van der Waals surface area contributed by atoms with Crippen LogP contribution in [0, 0.1) is 0 Å². The van der Waals surface area contributed by atoms with Crippen molar-refractivity contribution >= 4 is 25.3 Å². The number of benzene rings is 5. The van der Waals surface area contributed by atoms with Crippen LogP contribution in [0.4, 0.5) is 0 Å². The van der Waals surface area contributed by atoms with E-state index in [1.165, 1.54) is 5.56 Å². The molecule has 5 heteroatoms. The first kappa shape index (κ1) is 25.5. The van der Waals surface area contributed by atoms with E-state index in [0.29, 0.717) is 6.61 Å². The molecule has 0 spiro atoms. The first-order valence-electron chi connectivity index (χ1n) is 13.7. The van der Waals surface area contributed by atoms with Crippen molar-refractivity contribution in [2.24, 2.45) is 0 Å². The van der Waals surface area contributed by atoms with Crippen LogP contribution < -0.4 is 14.2 Å². The van der Waals surface area contributed by atoms with Crippen molar-refractivity contribution in [3.05, 3.63) is 130 Å². The van der Waals surface area contributed by atoms with Crippen LogP contribution in [0.3, 0.4) is 0 Å². The van der Waals surface area contributed by atoms with E-state index in [-0.39, 0.29) is 8.41 Å². The molecule has 0 bridgehead atoms. The van der Waals surface area contributed by atoms with Gasteiger partial charge in [-0.3, -0.25) is 0 Å². The SMILES string of the molecule is COc1ccc(C2(c3ccccc3)C=Cc3c4c(c5cc6c(cc5c3O2)OCC6)-c2ccccc2C4(C)O)cc1.[B]. The molecule has 5 aromatic rings. The van der Waals surface area contributed by atoms with Gasteiger partial charge < -0.3 is 19.3 Å². The molecule has 1 N–H and O–H groups in total. The molecule has 2 aliphatic heterocycles. The highest BCUT2D eigenvalue weighted by Gasteiger charge is 2.45. The third kappa shape index (κ3) is 3.45. The molecule has 8 rings (SSSR count). The van der Waals surface area contributed by atoms with E-state index in [2.05, 4.69) is 54.6 Å².